The average molecular weight is 402 g/mol. The first-order chi connectivity index (χ1) is 14.7. The Kier molecular flexibility index (Phi) is 7.67. The van der Waals surface area contributed by atoms with Crippen molar-refractivity contribution in [2.75, 3.05) is 13.7 Å². The molecule has 0 atom stereocenters. The molecule has 3 rings (SSSR count). The van der Waals surface area contributed by atoms with E-state index in [1.165, 1.54) is 0 Å². The van der Waals surface area contributed by atoms with Crippen LogP contribution in [0.4, 0.5) is 0 Å². The van der Waals surface area contributed by atoms with Gasteiger partial charge in [0.05, 0.1) is 7.11 Å². The molecule has 0 saturated heterocycles. The second-order valence-corrected chi connectivity index (χ2v) is 6.99. The lowest BCUT2D eigenvalue weighted by Gasteiger charge is -2.12. The van der Waals surface area contributed by atoms with E-state index < -0.39 is 0 Å². The van der Waals surface area contributed by atoms with Gasteiger partial charge in [0, 0.05) is 12.6 Å². The Morgan fingerprint density at radius 1 is 0.933 bits per heavy atom. The van der Waals surface area contributed by atoms with Crippen molar-refractivity contribution >= 4 is 12.0 Å². The highest BCUT2D eigenvalue weighted by atomic mass is 16.5. The second kappa shape index (κ2) is 10.9. The number of carbonyl (C=O) groups is 1. The third kappa shape index (κ3) is 6.24. The number of hydrogen-bond donors (Lipinski definition) is 1. The van der Waals surface area contributed by atoms with E-state index in [1.807, 2.05) is 85.8 Å². The lowest BCUT2D eigenvalue weighted by molar-refractivity contribution is -0.116. The minimum absolute atomic E-state index is 0.104. The fourth-order valence-electron chi connectivity index (χ4n) is 3.05. The van der Waals surface area contributed by atoms with Crippen LogP contribution >= 0.6 is 0 Å². The molecule has 0 aliphatic carbocycles. The molecule has 0 aromatic heterocycles. The van der Waals surface area contributed by atoms with Gasteiger partial charge in [-0.3, -0.25) is 4.79 Å². The van der Waals surface area contributed by atoms with Crippen molar-refractivity contribution in [3.63, 3.8) is 0 Å². The summed E-state index contributed by atoms with van der Waals surface area (Å²) in [7, 11) is 1.63. The molecule has 0 aliphatic heterocycles. The van der Waals surface area contributed by atoms with Gasteiger partial charge in [0.2, 0.25) is 5.91 Å². The number of aryl methyl sites for hydroxylation is 1. The van der Waals surface area contributed by atoms with Gasteiger partial charge < -0.3 is 14.8 Å². The molecule has 0 heterocycles. The molecule has 4 nitrogen and oxygen atoms in total. The molecular formula is C26H27NO3. The highest BCUT2D eigenvalue weighted by Crippen LogP contribution is 2.29. The Labute approximate surface area is 178 Å². The molecule has 1 amide bonds. The highest BCUT2D eigenvalue weighted by Gasteiger charge is 2.07. The van der Waals surface area contributed by atoms with Crippen molar-refractivity contribution in [2.45, 2.75) is 20.0 Å². The van der Waals surface area contributed by atoms with Gasteiger partial charge in [0.15, 0.2) is 11.5 Å². The number of amides is 1. The zero-order valence-electron chi connectivity index (χ0n) is 17.4. The van der Waals surface area contributed by atoms with Gasteiger partial charge >= 0.3 is 0 Å². The molecule has 0 spiro atoms. The molecule has 0 unspecified atom stereocenters. The van der Waals surface area contributed by atoms with Crippen LogP contribution < -0.4 is 14.8 Å². The molecule has 3 aromatic carbocycles. The summed E-state index contributed by atoms with van der Waals surface area (Å²) in [5, 5.41) is 2.93. The van der Waals surface area contributed by atoms with Crippen molar-refractivity contribution in [3.8, 4) is 11.5 Å². The predicted octanol–water partition coefficient (Wildman–Crippen LogP) is 4.95. The molecule has 1 N–H and O–H groups in total. The van der Waals surface area contributed by atoms with Gasteiger partial charge in [-0.05, 0) is 53.8 Å². The van der Waals surface area contributed by atoms with Crippen LogP contribution in [0.25, 0.3) is 6.08 Å². The monoisotopic (exact) mass is 401 g/mol. The number of carbonyl (C=O) groups excluding carboxylic acids is 1. The van der Waals surface area contributed by atoms with E-state index in [1.54, 1.807) is 13.2 Å². The van der Waals surface area contributed by atoms with E-state index in [0.717, 1.165) is 22.3 Å². The van der Waals surface area contributed by atoms with Crippen LogP contribution in [0.3, 0.4) is 0 Å². The highest BCUT2D eigenvalue weighted by molar-refractivity contribution is 5.91. The minimum atomic E-state index is -0.104. The van der Waals surface area contributed by atoms with Crippen LogP contribution in [-0.4, -0.2) is 19.6 Å². The third-order valence-electron chi connectivity index (χ3n) is 4.78. The first-order valence-corrected chi connectivity index (χ1v) is 10.0. The third-order valence-corrected chi connectivity index (χ3v) is 4.78. The van der Waals surface area contributed by atoms with Crippen LogP contribution in [0.15, 0.2) is 78.9 Å². The van der Waals surface area contributed by atoms with E-state index in [2.05, 4.69) is 5.32 Å². The molecule has 3 aromatic rings. The van der Waals surface area contributed by atoms with E-state index >= 15 is 0 Å². The first kappa shape index (κ1) is 21.2. The topological polar surface area (TPSA) is 47.6 Å². The van der Waals surface area contributed by atoms with E-state index in [4.69, 9.17) is 9.47 Å². The number of hydrogen-bond acceptors (Lipinski definition) is 3. The molecule has 30 heavy (non-hydrogen) atoms. The summed E-state index contributed by atoms with van der Waals surface area (Å²) < 4.78 is 11.4. The molecule has 4 heteroatoms. The summed E-state index contributed by atoms with van der Waals surface area (Å²) in [5.41, 5.74) is 4.35. The van der Waals surface area contributed by atoms with Crippen LogP contribution in [0, 0.1) is 6.92 Å². The molecule has 0 radical (unpaired) electrons. The van der Waals surface area contributed by atoms with Gasteiger partial charge in [-0.15, -0.1) is 0 Å². The quantitative estimate of drug-likeness (QED) is 0.516. The lowest BCUT2D eigenvalue weighted by Crippen LogP contribution is -2.23. The number of ether oxygens (including phenoxy) is 2. The summed E-state index contributed by atoms with van der Waals surface area (Å²) in [6.45, 7) is 3.04. The van der Waals surface area contributed by atoms with Gasteiger partial charge in [0.1, 0.15) is 6.61 Å². The summed E-state index contributed by atoms with van der Waals surface area (Å²) >= 11 is 0. The second-order valence-electron chi connectivity index (χ2n) is 6.99. The zero-order valence-corrected chi connectivity index (χ0v) is 17.4. The van der Waals surface area contributed by atoms with Crippen LogP contribution in [0.2, 0.25) is 0 Å². The molecule has 0 saturated carbocycles. The van der Waals surface area contributed by atoms with Crippen LogP contribution in [-0.2, 0) is 17.8 Å². The standard InChI is InChI=1S/C26H27NO3/c1-20-8-6-7-11-23(20)13-15-26(28)27-17-16-21-12-14-24(29-2)25(18-21)30-19-22-9-4-3-5-10-22/h3-15,18H,16-17,19H2,1-2H3,(H,27,28)/b15-13+. The molecule has 0 fully saturated rings. The lowest BCUT2D eigenvalue weighted by atomic mass is 10.1. The average Bonchev–Trinajstić information content (AvgIpc) is 2.78. The van der Waals surface area contributed by atoms with Crippen molar-refractivity contribution in [1.29, 1.82) is 0 Å². The first-order valence-electron chi connectivity index (χ1n) is 10.0. The van der Waals surface area contributed by atoms with Gasteiger partial charge in [-0.25, -0.2) is 0 Å². The van der Waals surface area contributed by atoms with Crippen molar-refractivity contribution < 1.29 is 14.3 Å². The molecule has 154 valence electrons. The predicted molar refractivity (Wildman–Crippen MR) is 121 cm³/mol. The number of nitrogens with one attached hydrogen (secondary N) is 1. The maximum atomic E-state index is 12.1. The van der Waals surface area contributed by atoms with E-state index in [9.17, 15) is 4.79 Å². The Morgan fingerprint density at radius 2 is 1.70 bits per heavy atom. The van der Waals surface area contributed by atoms with Crippen molar-refractivity contribution in [3.05, 3.63) is 101 Å². The van der Waals surface area contributed by atoms with Crippen molar-refractivity contribution in [1.82, 2.24) is 5.32 Å². The number of benzene rings is 3. The Morgan fingerprint density at radius 3 is 2.47 bits per heavy atom. The Hall–Kier alpha value is -3.53. The number of methoxy groups -OCH3 is 1. The van der Waals surface area contributed by atoms with Gasteiger partial charge in [-0.2, -0.15) is 0 Å². The number of rotatable bonds is 9. The van der Waals surface area contributed by atoms with Crippen LogP contribution in [0.1, 0.15) is 22.3 Å². The summed E-state index contributed by atoms with van der Waals surface area (Å²) in [4.78, 5) is 12.1. The van der Waals surface area contributed by atoms with Crippen molar-refractivity contribution in [2.24, 2.45) is 0 Å². The smallest absolute Gasteiger partial charge is 0.244 e. The maximum absolute atomic E-state index is 12.1. The zero-order chi connectivity index (χ0) is 21.2. The van der Waals surface area contributed by atoms with Gasteiger partial charge in [-0.1, -0.05) is 60.7 Å². The largest absolute Gasteiger partial charge is 0.493 e. The summed E-state index contributed by atoms with van der Waals surface area (Å²) in [5.74, 6) is 1.29. The normalized spacial score (nSPS) is 10.7. The Bertz CT molecular complexity index is 996. The fourth-order valence-corrected chi connectivity index (χ4v) is 3.05. The molecular weight excluding hydrogens is 374 g/mol. The van der Waals surface area contributed by atoms with E-state index in [0.29, 0.717) is 31.1 Å². The molecule has 0 aliphatic rings. The summed E-state index contributed by atoms with van der Waals surface area (Å²) in [6, 6.07) is 23.8. The molecule has 0 bridgehead atoms. The Balaban J connectivity index is 1.53. The van der Waals surface area contributed by atoms with Crippen LogP contribution in [0.5, 0.6) is 11.5 Å². The summed E-state index contributed by atoms with van der Waals surface area (Å²) in [6.07, 6.45) is 4.12. The maximum Gasteiger partial charge on any atom is 0.244 e. The fraction of sp³-hybridized carbons (Fsp3) is 0.192. The SMILES string of the molecule is COc1ccc(CCNC(=O)/C=C/c2ccccc2C)cc1OCc1ccccc1. The minimum Gasteiger partial charge on any atom is -0.493 e. The van der Waals surface area contributed by atoms with Gasteiger partial charge in [0.25, 0.3) is 0 Å². The van der Waals surface area contributed by atoms with E-state index in [-0.39, 0.29) is 5.91 Å².